The van der Waals surface area contributed by atoms with Gasteiger partial charge in [0.15, 0.2) is 0 Å². The first-order chi connectivity index (χ1) is 33.0. The predicted octanol–water partition coefficient (Wildman–Crippen LogP) is 14.6. The summed E-state index contributed by atoms with van der Waals surface area (Å²) in [5.41, 5.74) is 16.4. The molecule has 0 atom stereocenters. The molecule has 0 amide bonds. The molecule has 5 aromatic carbocycles. The first-order valence-electron chi connectivity index (χ1n) is 22.1. The Kier molecular flexibility index (Phi) is 13.4. The zero-order valence-corrected chi connectivity index (χ0v) is 38.8. The molecule has 7 nitrogen and oxygen atoms in total. The van der Waals surface area contributed by atoms with E-state index >= 15 is 0 Å². The maximum Gasteiger partial charge on any atom is 0.306 e. The Balaban J connectivity index is 0.985. The van der Waals surface area contributed by atoms with Gasteiger partial charge >= 0.3 is 5.97 Å². The van der Waals surface area contributed by atoms with E-state index in [1.54, 1.807) is 11.8 Å². The number of aromatic amines is 2. The van der Waals surface area contributed by atoms with Crippen LogP contribution >= 0.6 is 35.7 Å². The number of H-pyrrole nitrogens is 2. The van der Waals surface area contributed by atoms with Crippen LogP contribution in [0, 0.1) is 0 Å². The molecule has 8 aromatic rings. The minimum absolute atomic E-state index is 0.148. The quantitative estimate of drug-likeness (QED) is 0.0671. The summed E-state index contributed by atoms with van der Waals surface area (Å²) in [4.78, 5) is 30.9. The van der Waals surface area contributed by atoms with Gasteiger partial charge in [0.05, 0.1) is 29.2 Å². The van der Waals surface area contributed by atoms with Gasteiger partial charge in [-0.15, -0.1) is 23.5 Å². The number of nitrogens with one attached hydrogen (secondary N) is 2. The fourth-order valence-corrected chi connectivity index (χ4v) is 10.4. The lowest BCUT2D eigenvalue weighted by Gasteiger charge is -2.09. The van der Waals surface area contributed by atoms with Gasteiger partial charge in [-0.05, 0) is 88.5 Å². The molecule has 2 aliphatic heterocycles. The predicted molar refractivity (Wildman–Crippen MR) is 284 cm³/mol. The van der Waals surface area contributed by atoms with Crippen molar-refractivity contribution in [2.45, 2.75) is 12.2 Å². The van der Waals surface area contributed by atoms with Gasteiger partial charge in [-0.1, -0.05) is 146 Å². The normalized spacial score (nSPS) is 11.7. The molecule has 10 heteroatoms. The Morgan fingerprint density at radius 3 is 1.31 bits per heavy atom. The van der Waals surface area contributed by atoms with Crippen LogP contribution in [0.25, 0.3) is 90.9 Å². The maximum atomic E-state index is 12.5. The zero-order chi connectivity index (χ0) is 45.4. The lowest BCUT2D eigenvalue weighted by molar-refractivity contribution is -0.143. The van der Waals surface area contributed by atoms with Gasteiger partial charge in [0.1, 0.15) is 22.5 Å². The molecule has 328 valence electrons. The van der Waals surface area contributed by atoms with E-state index in [1.807, 2.05) is 60.7 Å². The van der Waals surface area contributed by atoms with Crippen molar-refractivity contribution in [2.24, 2.45) is 0 Å². The average Bonchev–Trinajstić information content (AvgIpc) is 4.23. The summed E-state index contributed by atoms with van der Waals surface area (Å²) in [5, 5.41) is 0. The highest BCUT2D eigenvalue weighted by Crippen LogP contribution is 2.38. The molecule has 5 heterocycles. The summed E-state index contributed by atoms with van der Waals surface area (Å²) in [6, 6.07) is 58.0. The summed E-state index contributed by atoms with van der Waals surface area (Å²) in [5.74, 6) is 1.79. The van der Waals surface area contributed by atoms with Crippen LogP contribution in [0.2, 0.25) is 0 Å². The molecule has 3 aromatic heterocycles. The number of ether oxygens (including phenoxy) is 2. The Bertz CT molecular complexity index is 3260. The highest BCUT2D eigenvalue weighted by Gasteiger charge is 2.19. The van der Waals surface area contributed by atoms with Crippen LogP contribution in [-0.4, -0.2) is 48.4 Å². The SMILES string of the molecule is O=C(CCSC(=S)SCc1ccccc1)OCCOc1ccc(-c2c3nc(c(-c4ccccc4)c4ccc([nH]4)c(-c4ccccc4)c4nc(c(-c5ccccc5)c5ccc2[nH]5)C=C4)C=C3)cc1. The number of benzene rings is 5. The third kappa shape index (κ3) is 10.1. The van der Waals surface area contributed by atoms with E-state index in [9.17, 15) is 4.79 Å². The van der Waals surface area contributed by atoms with Gasteiger partial charge in [-0.25, -0.2) is 9.97 Å². The van der Waals surface area contributed by atoms with Gasteiger partial charge < -0.3 is 19.4 Å². The summed E-state index contributed by atoms with van der Waals surface area (Å²) >= 11 is 8.62. The number of rotatable bonds is 13. The number of esters is 1. The number of thioether (sulfide) groups is 2. The number of carbonyl (C=O) groups is 1. The molecule has 0 aliphatic carbocycles. The lowest BCUT2D eigenvalue weighted by Crippen LogP contribution is -2.12. The highest BCUT2D eigenvalue weighted by molar-refractivity contribution is 8.46. The fraction of sp³-hybridized carbons (Fsp3) is 0.0877. The number of hydrogen-bond acceptors (Lipinski definition) is 8. The average molecular weight is 929 g/mol. The van der Waals surface area contributed by atoms with E-state index in [1.165, 1.54) is 17.3 Å². The molecule has 8 bridgehead atoms. The van der Waals surface area contributed by atoms with Crippen molar-refractivity contribution >= 4 is 91.6 Å². The van der Waals surface area contributed by atoms with Crippen LogP contribution in [0.15, 0.2) is 170 Å². The van der Waals surface area contributed by atoms with Gasteiger partial charge in [0.2, 0.25) is 0 Å². The van der Waals surface area contributed by atoms with Gasteiger partial charge in [0, 0.05) is 55.8 Å². The van der Waals surface area contributed by atoms with Crippen molar-refractivity contribution < 1.29 is 14.3 Å². The maximum absolute atomic E-state index is 12.5. The van der Waals surface area contributed by atoms with Gasteiger partial charge in [0.25, 0.3) is 0 Å². The molecule has 0 unspecified atom stereocenters. The van der Waals surface area contributed by atoms with E-state index in [2.05, 4.69) is 143 Å². The minimum atomic E-state index is -0.271. The summed E-state index contributed by atoms with van der Waals surface area (Å²) in [6.45, 7) is 0.377. The van der Waals surface area contributed by atoms with Crippen molar-refractivity contribution in [1.29, 1.82) is 0 Å². The van der Waals surface area contributed by atoms with Crippen molar-refractivity contribution in [3.05, 3.63) is 198 Å². The molecule has 0 spiro atoms. The van der Waals surface area contributed by atoms with E-state index in [0.717, 1.165) is 98.6 Å². The first-order valence-corrected chi connectivity index (χ1v) is 24.5. The Morgan fingerprint density at radius 2 is 0.881 bits per heavy atom. The fourth-order valence-electron chi connectivity index (χ4n) is 8.32. The van der Waals surface area contributed by atoms with Crippen LogP contribution in [0.4, 0.5) is 0 Å². The molecular weight excluding hydrogens is 885 g/mol. The van der Waals surface area contributed by atoms with Gasteiger partial charge in [-0.2, -0.15) is 0 Å². The minimum Gasteiger partial charge on any atom is -0.490 e. The molecule has 10 rings (SSSR count). The smallest absolute Gasteiger partial charge is 0.306 e. The number of carbonyl (C=O) groups excluding carboxylic acids is 1. The number of nitrogens with zero attached hydrogens (tertiary/aromatic N) is 2. The molecule has 2 N–H and O–H groups in total. The van der Waals surface area contributed by atoms with Crippen molar-refractivity contribution in [2.75, 3.05) is 19.0 Å². The van der Waals surface area contributed by atoms with Crippen molar-refractivity contribution in [3.8, 4) is 50.3 Å². The largest absolute Gasteiger partial charge is 0.490 e. The van der Waals surface area contributed by atoms with Crippen molar-refractivity contribution in [3.63, 3.8) is 0 Å². The molecular formula is C57H44N4O3S3. The highest BCUT2D eigenvalue weighted by atomic mass is 32.2. The number of aromatic nitrogens is 4. The van der Waals surface area contributed by atoms with Crippen LogP contribution in [0.3, 0.4) is 0 Å². The van der Waals surface area contributed by atoms with E-state index in [4.69, 9.17) is 31.7 Å². The lowest BCUT2D eigenvalue weighted by atomic mass is 10.0. The van der Waals surface area contributed by atoms with Crippen molar-refractivity contribution in [1.82, 2.24) is 19.9 Å². The second-order valence-corrected chi connectivity index (χ2v) is 19.1. The second kappa shape index (κ2) is 20.5. The summed E-state index contributed by atoms with van der Waals surface area (Å²) in [6.07, 6.45) is 8.71. The molecule has 0 saturated heterocycles. The Labute approximate surface area is 403 Å². The molecule has 0 radical (unpaired) electrons. The van der Waals surface area contributed by atoms with Crippen LogP contribution < -0.4 is 4.74 Å². The Morgan fingerprint density at radius 1 is 0.478 bits per heavy atom. The van der Waals surface area contributed by atoms with Crippen LogP contribution in [-0.2, 0) is 15.3 Å². The summed E-state index contributed by atoms with van der Waals surface area (Å²) in [7, 11) is 0. The van der Waals surface area contributed by atoms with Gasteiger partial charge in [-0.3, -0.25) is 4.79 Å². The molecule has 2 aliphatic rings. The third-order valence-corrected chi connectivity index (χ3v) is 14.2. The van der Waals surface area contributed by atoms with E-state index < -0.39 is 0 Å². The first kappa shape index (κ1) is 43.6. The van der Waals surface area contributed by atoms with Crippen LogP contribution in [0.1, 0.15) is 34.8 Å². The summed E-state index contributed by atoms with van der Waals surface area (Å²) < 4.78 is 12.4. The number of thiocarbonyl (C=S) groups is 1. The Hall–Kier alpha value is -7.24. The topological polar surface area (TPSA) is 92.9 Å². The molecule has 67 heavy (non-hydrogen) atoms. The zero-order valence-electron chi connectivity index (χ0n) is 36.4. The van der Waals surface area contributed by atoms with E-state index in [-0.39, 0.29) is 25.6 Å². The second-order valence-electron chi connectivity index (χ2n) is 15.8. The van der Waals surface area contributed by atoms with E-state index in [0.29, 0.717) is 11.5 Å². The van der Waals surface area contributed by atoms with Crippen LogP contribution in [0.5, 0.6) is 5.75 Å². The standard InChI is InChI=1S/C57H44N4O3S3/c62-52(33-36-66-57(65)67-37-38-13-5-1-6-14-38)64-35-34-63-43-23-21-42(22-24-43)56-50-31-29-48(60-50)54(40-17-9-3-10-18-40)46-27-25-44(58-46)53(39-15-7-2-8-16-39)45-26-28-47(59-45)55(41-19-11-4-12-20-41)49-30-32-51(56)61-49/h1-32,58,61H,33-37H2. The monoisotopic (exact) mass is 928 g/mol. The number of hydrogen-bond donors (Lipinski definition) is 2. The number of fused-ring (bicyclic) bond motifs is 8. The molecule has 0 fully saturated rings. The third-order valence-electron chi connectivity index (χ3n) is 11.4. The molecule has 0 saturated carbocycles.